The van der Waals surface area contributed by atoms with E-state index in [0.29, 0.717) is 11.5 Å². The zero-order valence-electron chi connectivity index (χ0n) is 19.5. The molecule has 1 aliphatic carbocycles. The molecule has 1 heterocycles. The first kappa shape index (κ1) is 26.1. The van der Waals surface area contributed by atoms with Crippen molar-refractivity contribution in [2.75, 3.05) is 6.16 Å². The molecule has 1 aliphatic rings. The molecule has 0 radical (unpaired) electrons. The van der Waals surface area contributed by atoms with Gasteiger partial charge in [0.25, 0.3) is 0 Å². The number of aromatic nitrogens is 1. The van der Waals surface area contributed by atoms with Crippen molar-refractivity contribution >= 4 is 14.0 Å². The van der Waals surface area contributed by atoms with Gasteiger partial charge in [-0.25, -0.2) is 4.39 Å². The number of ether oxygens (including phenoxy) is 1. The van der Waals surface area contributed by atoms with Crippen LogP contribution in [0.4, 0.5) is 4.39 Å². The summed E-state index contributed by atoms with van der Waals surface area (Å²) in [6.45, 7) is 4.04. The minimum Gasteiger partial charge on any atom is -0.392 e. The lowest BCUT2D eigenvalue weighted by Crippen LogP contribution is -2.16. The number of aliphatic hydroxyl groups excluding tert-OH is 1. The van der Waals surface area contributed by atoms with Crippen molar-refractivity contribution in [2.24, 2.45) is 0 Å². The molecule has 3 rings (SSSR count). The van der Waals surface area contributed by atoms with Crippen molar-refractivity contribution in [1.82, 2.24) is 4.98 Å². The van der Waals surface area contributed by atoms with Crippen molar-refractivity contribution in [3.05, 3.63) is 53.1 Å². The monoisotopic (exact) mass is 487 g/mol. The van der Waals surface area contributed by atoms with E-state index in [4.69, 9.17) is 14.6 Å². The Morgan fingerprint density at radius 1 is 1.24 bits per heavy atom. The van der Waals surface area contributed by atoms with Gasteiger partial charge in [-0.15, -0.1) is 0 Å². The number of pyridine rings is 1. The number of carbonyl (C=O) groups excluding carboxylic acids is 1. The van der Waals surface area contributed by atoms with Gasteiger partial charge in [0.05, 0.1) is 23.8 Å². The number of hydrogen-bond acceptors (Lipinski definition) is 5. The van der Waals surface area contributed by atoms with Crippen LogP contribution < -0.4 is 0 Å². The summed E-state index contributed by atoms with van der Waals surface area (Å²) in [6, 6.07) is 8.21. The zero-order chi connectivity index (χ0) is 24.7. The Morgan fingerprint density at radius 3 is 2.53 bits per heavy atom. The molecule has 2 unspecified atom stereocenters. The molecule has 1 aromatic heterocycles. The van der Waals surface area contributed by atoms with Gasteiger partial charge in [-0.05, 0) is 48.4 Å². The Hall–Kier alpha value is -2.52. The molecular formula is C26H31FNO5P. The minimum atomic E-state index is -2.89. The van der Waals surface area contributed by atoms with Crippen LogP contribution in [0.25, 0.3) is 11.1 Å². The molecule has 6 nitrogen and oxygen atoms in total. The number of carbonyl (C=O) groups is 1. The van der Waals surface area contributed by atoms with E-state index >= 15 is 0 Å². The summed E-state index contributed by atoms with van der Waals surface area (Å²) >= 11 is 0. The first-order valence-electron chi connectivity index (χ1n) is 11.7. The molecule has 2 N–H and O–H groups in total. The average Bonchev–Trinajstić information content (AvgIpc) is 2.79. The second kappa shape index (κ2) is 12.3. The quantitative estimate of drug-likeness (QED) is 0.319. The smallest absolute Gasteiger partial charge is 0.322 e. The Balaban J connectivity index is 1.98. The summed E-state index contributed by atoms with van der Waals surface area (Å²) in [5, 5.41) is 9.67. The Labute approximate surface area is 200 Å². The third-order valence-corrected chi connectivity index (χ3v) is 6.77. The van der Waals surface area contributed by atoms with E-state index in [2.05, 4.69) is 12.0 Å². The summed E-state index contributed by atoms with van der Waals surface area (Å²) in [5.41, 5.74) is 4.00. The van der Waals surface area contributed by atoms with Crippen LogP contribution in [0.2, 0.25) is 0 Å². The number of aliphatic hydroxyl groups is 1. The van der Waals surface area contributed by atoms with E-state index in [1.807, 2.05) is 19.9 Å². The summed E-state index contributed by atoms with van der Waals surface area (Å²) in [7, 11) is -2.89. The van der Waals surface area contributed by atoms with Crippen molar-refractivity contribution in [3.8, 4) is 23.2 Å². The molecule has 34 heavy (non-hydrogen) atoms. The third-order valence-electron chi connectivity index (χ3n) is 5.95. The molecule has 1 fully saturated rings. The molecule has 1 saturated carbocycles. The molecule has 0 amide bonds. The van der Waals surface area contributed by atoms with Gasteiger partial charge in [-0.1, -0.05) is 45.2 Å². The van der Waals surface area contributed by atoms with Crippen molar-refractivity contribution in [2.45, 2.75) is 70.3 Å². The lowest BCUT2D eigenvalue weighted by molar-refractivity contribution is -0.138. The van der Waals surface area contributed by atoms with E-state index in [-0.39, 0.29) is 17.9 Å². The highest BCUT2D eigenvalue weighted by atomic mass is 31.1. The minimum absolute atomic E-state index is 0.0479. The van der Waals surface area contributed by atoms with Crippen LogP contribution in [0.5, 0.6) is 0 Å². The zero-order valence-corrected chi connectivity index (χ0v) is 20.5. The van der Waals surface area contributed by atoms with Crippen LogP contribution in [0, 0.1) is 17.8 Å². The van der Waals surface area contributed by atoms with E-state index in [0.717, 1.165) is 35.4 Å². The Bertz CT molecular complexity index is 1080. The fourth-order valence-electron chi connectivity index (χ4n) is 4.24. The van der Waals surface area contributed by atoms with Gasteiger partial charge < -0.3 is 14.7 Å². The maximum absolute atomic E-state index is 13.6. The van der Waals surface area contributed by atoms with Crippen molar-refractivity contribution in [3.63, 3.8) is 0 Å². The highest BCUT2D eigenvalue weighted by molar-refractivity contribution is 7.38. The largest absolute Gasteiger partial charge is 0.392 e. The highest BCUT2D eigenvalue weighted by Crippen LogP contribution is 2.37. The van der Waals surface area contributed by atoms with Crippen LogP contribution in [0.15, 0.2) is 30.3 Å². The lowest BCUT2D eigenvalue weighted by atomic mass is 9.84. The molecule has 1 aromatic carbocycles. The summed E-state index contributed by atoms with van der Waals surface area (Å²) in [5.74, 6) is 2.21. The van der Waals surface area contributed by atoms with Crippen LogP contribution in [-0.4, -0.2) is 33.2 Å². The van der Waals surface area contributed by atoms with Crippen molar-refractivity contribution in [1.29, 1.82) is 0 Å². The number of hydrogen-bond donors (Lipinski definition) is 2. The number of benzene rings is 1. The van der Waals surface area contributed by atoms with E-state index in [9.17, 15) is 18.9 Å². The topological polar surface area (TPSA) is 96.7 Å². The van der Waals surface area contributed by atoms with Gasteiger partial charge >= 0.3 is 5.97 Å². The third kappa shape index (κ3) is 7.24. The van der Waals surface area contributed by atoms with E-state index in [1.165, 1.54) is 31.4 Å². The number of halogens is 1. The fourth-order valence-corrected chi connectivity index (χ4v) is 4.79. The van der Waals surface area contributed by atoms with Crippen molar-refractivity contribution < 1.29 is 28.5 Å². The molecule has 8 heteroatoms. The standard InChI is InChI=1S/C26H31FNO5P/c1-17(2)26-22(12-13-33-25(30)14-21(29)16-34(31)32)23(18-8-10-20(27)11-9-18)15-24(28-26)19-6-4-3-5-7-19/h8-11,15,17,19,21,29,34H,3-7,14,16H2,1-2H3,(H,31,32). The van der Waals surface area contributed by atoms with Crippen LogP contribution in [-0.2, 0) is 14.1 Å². The van der Waals surface area contributed by atoms with Gasteiger partial charge in [-0.2, -0.15) is 0 Å². The average molecular weight is 488 g/mol. The molecule has 182 valence electrons. The van der Waals surface area contributed by atoms with Crippen LogP contribution in [0.3, 0.4) is 0 Å². The number of esters is 1. The molecular weight excluding hydrogens is 456 g/mol. The molecule has 0 bridgehead atoms. The predicted octanol–water partition coefficient (Wildman–Crippen LogP) is 5.13. The summed E-state index contributed by atoms with van der Waals surface area (Å²) in [4.78, 5) is 25.8. The van der Waals surface area contributed by atoms with Crippen LogP contribution >= 0.6 is 8.03 Å². The van der Waals surface area contributed by atoms with E-state index in [1.54, 1.807) is 12.1 Å². The first-order chi connectivity index (χ1) is 16.2. The lowest BCUT2D eigenvalue weighted by Gasteiger charge is -2.24. The molecule has 2 aromatic rings. The summed E-state index contributed by atoms with van der Waals surface area (Å²) < 4.78 is 29.4. The Kier molecular flexibility index (Phi) is 9.41. The normalized spacial score (nSPS) is 15.9. The first-order valence-corrected chi connectivity index (χ1v) is 13.2. The molecule has 0 aliphatic heterocycles. The van der Waals surface area contributed by atoms with Crippen LogP contribution in [0.1, 0.15) is 81.2 Å². The fraction of sp³-hybridized carbons (Fsp3) is 0.462. The molecule has 0 spiro atoms. The SMILES string of the molecule is CC(C)c1nc(C2CCCCC2)cc(-c2ccc(F)cc2)c1C#COC(=O)CC(O)C[PH](=O)O. The van der Waals surface area contributed by atoms with Gasteiger partial charge in [0.2, 0.25) is 0 Å². The Morgan fingerprint density at radius 2 is 1.91 bits per heavy atom. The van der Waals surface area contributed by atoms with Gasteiger partial charge in [-0.3, -0.25) is 14.3 Å². The second-order valence-corrected chi connectivity index (χ2v) is 10.2. The second-order valence-electron chi connectivity index (χ2n) is 9.01. The number of nitrogens with zero attached hydrogens (tertiary/aromatic N) is 1. The van der Waals surface area contributed by atoms with Gasteiger partial charge in [0, 0.05) is 23.3 Å². The van der Waals surface area contributed by atoms with Gasteiger partial charge in [0.1, 0.15) is 11.9 Å². The maximum atomic E-state index is 13.6. The number of rotatable bonds is 7. The molecule has 2 atom stereocenters. The summed E-state index contributed by atoms with van der Waals surface area (Å²) in [6.07, 6.45) is 6.10. The van der Waals surface area contributed by atoms with E-state index < -0.39 is 26.5 Å². The maximum Gasteiger partial charge on any atom is 0.322 e. The molecule has 0 saturated heterocycles. The van der Waals surface area contributed by atoms with Gasteiger partial charge in [0.15, 0.2) is 8.03 Å². The predicted molar refractivity (Wildman–Crippen MR) is 129 cm³/mol. The highest BCUT2D eigenvalue weighted by Gasteiger charge is 2.22.